The topological polar surface area (TPSA) is 109 Å². The van der Waals surface area contributed by atoms with Crippen molar-refractivity contribution in [2.24, 2.45) is 0 Å². The fraction of sp³-hybridized carbons (Fsp3) is 0.120. The molecule has 0 atom stereocenters. The van der Waals surface area contributed by atoms with Gasteiger partial charge in [-0.1, -0.05) is 12.1 Å². The molecule has 0 saturated carbocycles. The standard InChI is InChI=1S/C25H18IN3O4/c1-2-32-24-13-19(11-21(15-28)20-5-3-4-18(10-20)14-27)12-23(26)25(24)33-16-17-6-8-22(9-7-17)29(30)31/h3-13H,2,16H2,1H3/b21-11-. The molecule has 0 bridgehead atoms. The van der Waals surface area contributed by atoms with Crippen molar-refractivity contribution in [3.8, 4) is 23.6 Å². The van der Waals surface area contributed by atoms with Crippen LogP contribution in [0.4, 0.5) is 5.69 Å². The summed E-state index contributed by atoms with van der Waals surface area (Å²) in [6, 6.07) is 21.0. The van der Waals surface area contributed by atoms with E-state index in [9.17, 15) is 15.4 Å². The Labute approximate surface area is 204 Å². The molecule has 0 amide bonds. The normalized spacial score (nSPS) is 10.7. The number of halogens is 1. The summed E-state index contributed by atoms with van der Waals surface area (Å²) in [7, 11) is 0. The molecule has 0 radical (unpaired) electrons. The summed E-state index contributed by atoms with van der Waals surface area (Å²) in [5.74, 6) is 1.08. The van der Waals surface area contributed by atoms with Crippen LogP contribution in [0.2, 0.25) is 0 Å². The number of benzene rings is 3. The predicted molar refractivity (Wildman–Crippen MR) is 132 cm³/mol. The third-order valence-corrected chi connectivity index (χ3v) is 5.40. The van der Waals surface area contributed by atoms with Crippen molar-refractivity contribution in [1.82, 2.24) is 0 Å². The van der Waals surface area contributed by atoms with Crippen LogP contribution >= 0.6 is 22.6 Å². The van der Waals surface area contributed by atoms with Gasteiger partial charge in [0.05, 0.1) is 38.4 Å². The van der Waals surface area contributed by atoms with E-state index in [1.165, 1.54) is 12.1 Å². The van der Waals surface area contributed by atoms with Crippen LogP contribution in [0.15, 0.2) is 60.7 Å². The number of nitrogens with zero attached hydrogens (tertiary/aromatic N) is 3. The van der Waals surface area contributed by atoms with Crippen molar-refractivity contribution in [3.63, 3.8) is 0 Å². The summed E-state index contributed by atoms with van der Waals surface area (Å²) < 4.78 is 12.6. The Morgan fingerprint density at radius 2 is 1.88 bits per heavy atom. The van der Waals surface area contributed by atoms with Gasteiger partial charge in [-0.15, -0.1) is 0 Å². The SMILES string of the molecule is CCOc1cc(/C=C(/C#N)c2cccc(C#N)c2)cc(I)c1OCc1ccc([N+](=O)[O-])cc1. The second kappa shape index (κ2) is 11.1. The number of hydrogen-bond acceptors (Lipinski definition) is 6. The number of nitro groups is 1. The summed E-state index contributed by atoms with van der Waals surface area (Å²) >= 11 is 2.14. The minimum atomic E-state index is -0.445. The van der Waals surface area contributed by atoms with Crippen LogP contribution < -0.4 is 9.47 Å². The van der Waals surface area contributed by atoms with Gasteiger partial charge in [0.1, 0.15) is 6.61 Å². The molecule has 164 valence electrons. The van der Waals surface area contributed by atoms with Crippen molar-refractivity contribution in [2.45, 2.75) is 13.5 Å². The average molecular weight is 551 g/mol. The maximum absolute atomic E-state index is 10.8. The molecule has 0 unspecified atom stereocenters. The minimum absolute atomic E-state index is 0.0214. The lowest BCUT2D eigenvalue weighted by Crippen LogP contribution is -2.02. The average Bonchev–Trinajstić information content (AvgIpc) is 2.82. The Hall–Kier alpha value is -3.89. The highest BCUT2D eigenvalue weighted by molar-refractivity contribution is 14.1. The van der Waals surface area contributed by atoms with Gasteiger partial charge < -0.3 is 9.47 Å². The first-order valence-electron chi connectivity index (χ1n) is 9.90. The van der Waals surface area contributed by atoms with Gasteiger partial charge in [0.15, 0.2) is 11.5 Å². The van der Waals surface area contributed by atoms with Gasteiger partial charge in [-0.3, -0.25) is 10.1 Å². The molecule has 0 heterocycles. The molecule has 0 aromatic heterocycles. The Balaban J connectivity index is 1.90. The Morgan fingerprint density at radius 1 is 1.12 bits per heavy atom. The molecule has 7 nitrogen and oxygen atoms in total. The summed E-state index contributed by atoms with van der Waals surface area (Å²) in [5.41, 5.74) is 3.12. The van der Waals surface area contributed by atoms with Crippen LogP contribution in [-0.4, -0.2) is 11.5 Å². The zero-order valence-electron chi connectivity index (χ0n) is 17.6. The van der Waals surface area contributed by atoms with Crippen LogP contribution in [0.25, 0.3) is 11.6 Å². The van der Waals surface area contributed by atoms with Crippen LogP contribution in [0.3, 0.4) is 0 Å². The van der Waals surface area contributed by atoms with E-state index in [2.05, 4.69) is 34.7 Å². The fourth-order valence-corrected chi connectivity index (χ4v) is 3.83. The molecule has 0 aliphatic heterocycles. The monoisotopic (exact) mass is 551 g/mol. The minimum Gasteiger partial charge on any atom is -0.490 e. The van der Waals surface area contributed by atoms with Gasteiger partial charge in [0, 0.05) is 12.1 Å². The summed E-state index contributed by atoms with van der Waals surface area (Å²) in [4.78, 5) is 10.4. The number of hydrogen-bond donors (Lipinski definition) is 0. The van der Waals surface area contributed by atoms with Gasteiger partial charge in [0.2, 0.25) is 0 Å². The second-order valence-corrected chi connectivity index (χ2v) is 8.00. The molecule has 3 rings (SSSR count). The van der Waals surface area contributed by atoms with E-state index in [1.54, 1.807) is 48.5 Å². The van der Waals surface area contributed by atoms with E-state index < -0.39 is 4.92 Å². The molecule has 0 saturated heterocycles. The first-order valence-corrected chi connectivity index (χ1v) is 11.0. The third kappa shape index (κ3) is 6.09. The lowest BCUT2D eigenvalue weighted by Gasteiger charge is -2.15. The zero-order valence-corrected chi connectivity index (χ0v) is 19.8. The smallest absolute Gasteiger partial charge is 0.269 e. The summed E-state index contributed by atoms with van der Waals surface area (Å²) in [6.45, 7) is 2.50. The number of non-ortho nitro benzene ring substituents is 1. The highest BCUT2D eigenvalue weighted by atomic mass is 127. The summed E-state index contributed by atoms with van der Waals surface area (Å²) in [5, 5.41) is 29.6. The van der Waals surface area contributed by atoms with Crippen LogP contribution in [0.5, 0.6) is 11.5 Å². The van der Waals surface area contributed by atoms with E-state index in [-0.39, 0.29) is 12.3 Å². The molecule has 0 spiro atoms. The highest BCUT2D eigenvalue weighted by Gasteiger charge is 2.14. The Morgan fingerprint density at radius 3 is 2.52 bits per heavy atom. The Kier molecular flexibility index (Phi) is 8.01. The maximum Gasteiger partial charge on any atom is 0.269 e. The number of nitriles is 2. The molecule has 0 aliphatic rings. The molecule has 3 aromatic carbocycles. The van der Waals surface area contributed by atoms with E-state index in [1.807, 2.05) is 13.0 Å². The van der Waals surface area contributed by atoms with Gasteiger partial charge in [-0.25, -0.2) is 0 Å². The predicted octanol–water partition coefficient (Wildman–Crippen LogP) is 6.11. The molecule has 8 heteroatoms. The molecule has 0 N–H and O–H groups in total. The van der Waals surface area contributed by atoms with Gasteiger partial charge >= 0.3 is 0 Å². The van der Waals surface area contributed by atoms with E-state index >= 15 is 0 Å². The zero-order chi connectivity index (χ0) is 23.8. The summed E-state index contributed by atoms with van der Waals surface area (Å²) in [6.07, 6.45) is 1.74. The van der Waals surface area contributed by atoms with Crippen LogP contribution in [0.1, 0.15) is 29.2 Å². The molecule has 0 fully saturated rings. The van der Waals surface area contributed by atoms with Gasteiger partial charge in [-0.2, -0.15) is 10.5 Å². The number of ether oxygens (including phenoxy) is 2. The number of rotatable bonds is 8. The lowest BCUT2D eigenvalue weighted by atomic mass is 10.0. The maximum atomic E-state index is 10.8. The van der Waals surface area contributed by atoms with Crippen molar-refractivity contribution >= 4 is 39.9 Å². The first kappa shape index (κ1) is 23.8. The van der Waals surface area contributed by atoms with Crippen LogP contribution in [0, 0.1) is 36.3 Å². The molecule has 3 aromatic rings. The Bertz CT molecular complexity index is 1290. The third-order valence-electron chi connectivity index (χ3n) is 4.60. The van der Waals surface area contributed by atoms with E-state index in [0.29, 0.717) is 34.8 Å². The van der Waals surface area contributed by atoms with Crippen LogP contribution in [-0.2, 0) is 6.61 Å². The van der Waals surface area contributed by atoms with Crippen molar-refractivity contribution < 1.29 is 14.4 Å². The van der Waals surface area contributed by atoms with Gasteiger partial charge in [0.25, 0.3) is 5.69 Å². The molecule has 33 heavy (non-hydrogen) atoms. The lowest BCUT2D eigenvalue weighted by molar-refractivity contribution is -0.384. The van der Waals surface area contributed by atoms with Gasteiger partial charge in [-0.05, 0) is 88.7 Å². The first-order chi connectivity index (χ1) is 15.9. The molecule has 0 aliphatic carbocycles. The van der Waals surface area contributed by atoms with Crippen molar-refractivity contribution in [2.75, 3.05) is 6.61 Å². The fourth-order valence-electron chi connectivity index (χ4n) is 3.05. The number of allylic oxidation sites excluding steroid dienone is 1. The second-order valence-electron chi connectivity index (χ2n) is 6.84. The largest absolute Gasteiger partial charge is 0.490 e. The van der Waals surface area contributed by atoms with E-state index in [4.69, 9.17) is 14.7 Å². The molecular weight excluding hydrogens is 533 g/mol. The van der Waals surface area contributed by atoms with Crippen molar-refractivity contribution in [1.29, 1.82) is 10.5 Å². The quantitative estimate of drug-likeness (QED) is 0.110. The van der Waals surface area contributed by atoms with E-state index in [0.717, 1.165) is 14.7 Å². The highest BCUT2D eigenvalue weighted by Crippen LogP contribution is 2.36. The molecular formula is C25H18IN3O4. The number of nitro benzene ring substituents is 1. The van der Waals surface area contributed by atoms with Crippen molar-refractivity contribution in [3.05, 3.63) is 96.6 Å².